The Morgan fingerprint density at radius 2 is 2.39 bits per heavy atom. The topological polar surface area (TPSA) is 82.5 Å². The zero-order chi connectivity index (χ0) is 13.5. The minimum atomic E-state index is -1.05. The second-order valence-corrected chi connectivity index (χ2v) is 4.89. The number of thiazole rings is 1. The molecular formula is C11H15N3O3S. The zero-order valence-electron chi connectivity index (χ0n) is 10.0. The van der Waals surface area contributed by atoms with Crippen LogP contribution in [0.1, 0.15) is 9.88 Å². The molecule has 1 aromatic heterocycles. The Balaban J connectivity index is 2.50. The Hall–Kier alpha value is -1.89. The summed E-state index contributed by atoms with van der Waals surface area (Å²) < 4.78 is 0. The van der Waals surface area contributed by atoms with Crippen LogP contribution in [-0.2, 0) is 11.3 Å². The van der Waals surface area contributed by atoms with Crippen LogP contribution in [0.5, 0.6) is 0 Å². The molecule has 0 aliphatic rings. The minimum absolute atomic E-state index is 0.194. The number of urea groups is 1. The molecule has 0 atom stereocenters. The average molecular weight is 269 g/mol. The maximum Gasteiger partial charge on any atom is 0.323 e. The van der Waals surface area contributed by atoms with Crippen LogP contribution in [0.25, 0.3) is 0 Å². The van der Waals surface area contributed by atoms with Crippen molar-refractivity contribution in [3.05, 3.63) is 28.7 Å². The van der Waals surface area contributed by atoms with Gasteiger partial charge in [-0.15, -0.1) is 17.9 Å². The molecule has 0 radical (unpaired) electrons. The highest BCUT2D eigenvalue weighted by Gasteiger charge is 2.15. The fraction of sp³-hybridized carbons (Fsp3) is 0.364. The van der Waals surface area contributed by atoms with E-state index in [9.17, 15) is 9.59 Å². The fourth-order valence-electron chi connectivity index (χ4n) is 1.30. The van der Waals surface area contributed by atoms with Crippen molar-refractivity contribution in [2.45, 2.75) is 13.5 Å². The zero-order valence-corrected chi connectivity index (χ0v) is 10.9. The lowest BCUT2D eigenvalue weighted by atomic mass is 10.4. The number of aliphatic carboxylic acids is 1. The van der Waals surface area contributed by atoms with Crippen molar-refractivity contribution in [1.29, 1.82) is 0 Å². The van der Waals surface area contributed by atoms with Crippen LogP contribution < -0.4 is 5.32 Å². The maximum atomic E-state index is 11.7. The number of nitrogens with one attached hydrogen (secondary N) is 1. The molecule has 7 heteroatoms. The van der Waals surface area contributed by atoms with Gasteiger partial charge in [0.1, 0.15) is 6.54 Å². The van der Waals surface area contributed by atoms with Crippen molar-refractivity contribution in [2.24, 2.45) is 0 Å². The molecule has 0 aliphatic carbocycles. The van der Waals surface area contributed by atoms with E-state index in [-0.39, 0.29) is 13.1 Å². The normalized spacial score (nSPS) is 9.83. The highest BCUT2D eigenvalue weighted by Crippen LogP contribution is 2.10. The first kappa shape index (κ1) is 14.2. The fourth-order valence-corrected chi connectivity index (χ4v) is 2.03. The summed E-state index contributed by atoms with van der Waals surface area (Å²) in [6.07, 6.45) is 3.18. The van der Waals surface area contributed by atoms with E-state index in [1.807, 2.05) is 6.92 Å². The van der Waals surface area contributed by atoms with Gasteiger partial charge in [-0.2, -0.15) is 0 Å². The number of nitrogens with zero attached hydrogens (tertiary/aromatic N) is 2. The number of carboxylic acid groups (broad SMARTS) is 1. The van der Waals surface area contributed by atoms with Gasteiger partial charge in [-0.05, 0) is 6.92 Å². The standard InChI is InChI=1S/C11H15N3O3S/c1-3-4-14(7-10(15)16)11(17)13-6-9-5-12-8(2)18-9/h3,5H,1,4,6-7H2,2H3,(H,13,17)(H,15,16). The van der Waals surface area contributed by atoms with Crippen LogP contribution in [0, 0.1) is 6.92 Å². The van der Waals surface area contributed by atoms with Crippen molar-refractivity contribution < 1.29 is 14.7 Å². The summed E-state index contributed by atoms with van der Waals surface area (Å²) in [5, 5.41) is 12.3. The van der Waals surface area contributed by atoms with E-state index >= 15 is 0 Å². The van der Waals surface area contributed by atoms with Crippen LogP contribution in [-0.4, -0.2) is 40.1 Å². The van der Waals surface area contributed by atoms with Gasteiger partial charge < -0.3 is 15.3 Å². The van der Waals surface area contributed by atoms with E-state index in [1.165, 1.54) is 22.3 Å². The number of amides is 2. The van der Waals surface area contributed by atoms with Crippen LogP contribution in [0.2, 0.25) is 0 Å². The highest BCUT2D eigenvalue weighted by atomic mass is 32.1. The maximum absolute atomic E-state index is 11.7. The molecule has 0 spiro atoms. The van der Waals surface area contributed by atoms with Gasteiger partial charge in [-0.3, -0.25) is 4.79 Å². The van der Waals surface area contributed by atoms with Gasteiger partial charge in [0.2, 0.25) is 0 Å². The van der Waals surface area contributed by atoms with Crippen molar-refractivity contribution in [3.8, 4) is 0 Å². The van der Waals surface area contributed by atoms with Crippen molar-refractivity contribution in [1.82, 2.24) is 15.2 Å². The molecule has 2 N–H and O–H groups in total. The average Bonchev–Trinajstić information content (AvgIpc) is 2.71. The molecule has 6 nitrogen and oxygen atoms in total. The smallest absolute Gasteiger partial charge is 0.323 e. The van der Waals surface area contributed by atoms with Crippen LogP contribution in [0.3, 0.4) is 0 Å². The van der Waals surface area contributed by atoms with Gasteiger partial charge in [0.15, 0.2) is 0 Å². The quantitative estimate of drug-likeness (QED) is 0.761. The molecule has 0 aromatic carbocycles. The largest absolute Gasteiger partial charge is 0.480 e. The molecule has 2 amide bonds. The molecule has 0 unspecified atom stereocenters. The summed E-state index contributed by atoms with van der Waals surface area (Å²) >= 11 is 1.49. The van der Waals surface area contributed by atoms with Crippen molar-refractivity contribution in [3.63, 3.8) is 0 Å². The molecule has 1 rings (SSSR count). The molecule has 1 aromatic rings. The Bertz CT molecular complexity index is 444. The van der Waals surface area contributed by atoms with Gasteiger partial charge >= 0.3 is 12.0 Å². The number of carbonyl (C=O) groups excluding carboxylic acids is 1. The van der Waals surface area contributed by atoms with Crippen LogP contribution >= 0.6 is 11.3 Å². The highest BCUT2D eigenvalue weighted by molar-refractivity contribution is 7.11. The van der Waals surface area contributed by atoms with Gasteiger partial charge in [0.05, 0.1) is 11.6 Å². The first-order chi connectivity index (χ1) is 8.52. The van der Waals surface area contributed by atoms with E-state index in [0.29, 0.717) is 6.54 Å². The monoisotopic (exact) mass is 269 g/mol. The Morgan fingerprint density at radius 3 is 2.89 bits per heavy atom. The summed E-state index contributed by atoms with van der Waals surface area (Å²) in [5.74, 6) is -1.05. The molecule has 1 heterocycles. The van der Waals surface area contributed by atoms with Gasteiger partial charge in [-0.25, -0.2) is 9.78 Å². The first-order valence-electron chi connectivity index (χ1n) is 5.29. The second kappa shape index (κ2) is 6.75. The molecule has 18 heavy (non-hydrogen) atoms. The lowest BCUT2D eigenvalue weighted by Gasteiger charge is -2.19. The third-order valence-electron chi connectivity index (χ3n) is 2.05. The van der Waals surface area contributed by atoms with Gasteiger partial charge in [0.25, 0.3) is 0 Å². The predicted molar refractivity (Wildman–Crippen MR) is 68.5 cm³/mol. The summed E-state index contributed by atoms with van der Waals surface area (Å²) in [5.41, 5.74) is 0. The van der Waals surface area contributed by atoms with Gasteiger partial charge in [-0.1, -0.05) is 6.08 Å². The Kier molecular flexibility index (Phi) is 5.31. The molecule has 0 aliphatic heterocycles. The number of aromatic nitrogens is 1. The number of hydrogen-bond donors (Lipinski definition) is 2. The third-order valence-corrected chi connectivity index (χ3v) is 2.96. The molecule has 0 saturated carbocycles. The molecular weight excluding hydrogens is 254 g/mol. The molecule has 98 valence electrons. The van der Waals surface area contributed by atoms with Gasteiger partial charge in [0, 0.05) is 17.6 Å². The molecule has 0 bridgehead atoms. The first-order valence-corrected chi connectivity index (χ1v) is 6.11. The number of aryl methyl sites for hydroxylation is 1. The van der Waals surface area contributed by atoms with Crippen LogP contribution in [0.4, 0.5) is 4.79 Å². The van der Waals surface area contributed by atoms with E-state index in [0.717, 1.165) is 9.88 Å². The number of carbonyl (C=O) groups is 2. The summed E-state index contributed by atoms with van der Waals surface area (Å²) in [6.45, 7) is 5.56. The van der Waals surface area contributed by atoms with E-state index in [1.54, 1.807) is 6.20 Å². The lowest BCUT2D eigenvalue weighted by molar-refractivity contribution is -0.137. The van der Waals surface area contributed by atoms with Crippen molar-refractivity contribution in [2.75, 3.05) is 13.1 Å². The summed E-state index contributed by atoms with van der Waals surface area (Å²) in [4.78, 5) is 28.5. The summed E-state index contributed by atoms with van der Waals surface area (Å²) in [7, 11) is 0. The number of hydrogen-bond acceptors (Lipinski definition) is 4. The lowest BCUT2D eigenvalue weighted by Crippen LogP contribution is -2.42. The summed E-state index contributed by atoms with van der Waals surface area (Å²) in [6, 6.07) is -0.427. The Morgan fingerprint density at radius 1 is 1.67 bits per heavy atom. The van der Waals surface area contributed by atoms with E-state index in [4.69, 9.17) is 5.11 Å². The Labute approximate surface area is 109 Å². The molecule has 0 saturated heterocycles. The SMILES string of the molecule is C=CCN(CC(=O)O)C(=O)NCc1cnc(C)s1. The van der Waals surface area contributed by atoms with E-state index < -0.39 is 12.0 Å². The number of rotatable bonds is 6. The van der Waals surface area contributed by atoms with Crippen LogP contribution in [0.15, 0.2) is 18.9 Å². The number of carboxylic acids is 1. The third kappa shape index (κ3) is 4.54. The second-order valence-electron chi connectivity index (χ2n) is 3.57. The molecule has 0 fully saturated rings. The van der Waals surface area contributed by atoms with E-state index in [2.05, 4.69) is 16.9 Å². The van der Waals surface area contributed by atoms with Crippen molar-refractivity contribution >= 4 is 23.3 Å². The minimum Gasteiger partial charge on any atom is -0.480 e. The predicted octanol–water partition coefficient (Wildman–Crippen LogP) is 1.23.